The molecule has 1 heterocycles. The molecule has 3 aromatic rings. The van der Waals surface area contributed by atoms with Crippen LogP contribution >= 0.6 is 11.6 Å². The van der Waals surface area contributed by atoms with Crippen molar-refractivity contribution in [1.29, 1.82) is 0 Å². The summed E-state index contributed by atoms with van der Waals surface area (Å²) in [5.74, 6) is -0.0688. The van der Waals surface area contributed by atoms with Gasteiger partial charge in [-0.1, -0.05) is 54.1 Å². The molecule has 0 saturated carbocycles. The van der Waals surface area contributed by atoms with Gasteiger partial charge in [-0.15, -0.1) is 0 Å². The maximum absolute atomic E-state index is 13.0. The van der Waals surface area contributed by atoms with E-state index in [2.05, 4.69) is 46.7 Å². The Morgan fingerprint density at radius 3 is 2.23 bits per heavy atom. The van der Waals surface area contributed by atoms with E-state index >= 15 is 0 Å². The highest BCUT2D eigenvalue weighted by Gasteiger charge is 2.26. The molecule has 3 aromatic carbocycles. The minimum Gasteiger partial charge on any atom is -0.368 e. The fraction of sp³-hybridized carbons (Fsp3) is 0.355. The number of benzene rings is 3. The van der Waals surface area contributed by atoms with Gasteiger partial charge in [-0.3, -0.25) is 9.59 Å². The minimum atomic E-state index is -0.559. The Labute approximate surface area is 236 Å². The van der Waals surface area contributed by atoms with Crippen LogP contribution in [0.15, 0.2) is 72.8 Å². The second-order valence-corrected chi connectivity index (χ2v) is 10.5. The molecule has 0 spiro atoms. The van der Waals surface area contributed by atoms with Crippen LogP contribution in [0.3, 0.4) is 0 Å². The van der Waals surface area contributed by atoms with Gasteiger partial charge in [0.05, 0.1) is 6.04 Å². The number of nitrogens with two attached hydrogens (primary N) is 1. The summed E-state index contributed by atoms with van der Waals surface area (Å²) in [6, 6.07) is 23.6. The van der Waals surface area contributed by atoms with E-state index in [4.69, 9.17) is 17.3 Å². The standard InChI is InChI=1S/C31H38ClN5O2/c1-22(34-16-15-24-9-13-27(14-10-24)35-23(2)38)28-5-3-4-6-30(28)36-17-19-37(20-18-36)31(39)29(33)21-25-7-11-26(32)12-8-25/h3-14,22,29,34H,15-21,33H2,1-2H3,(H,35,38). The quantitative estimate of drug-likeness (QED) is 0.350. The highest BCUT2D eigenvalue weighted by Crippen LogP contribution is 2.27. The fourth-order valence-corrected chi connectivity index (χ4v) is 5.13. The van der Waals surface area contributed by atoms with Crippen molar-refractivity contribution in [2.45, 2.75) is 38.8 Å². The Balaban J connectivity index is 1.28. The highest BCUT2D eigenvalue weighted by molar-refractivity contribution is 6.30. The number of piperazine rings is 1. The van der Waals surface area contributed by atoms with Crippen LogP contribution in [0.25, 0.3) is 0 Å². The molecule has 1 aliphatic rings. The van der Waals surface area contributed by atoms with E-state index in [0.29, 0.717) is 24.5 Å². The molecule has 2 amide bonds. The Hall–Kier alpha value is -3.39. The largest absolute Gasteiger partial charge is 0.368 e. The van der Waals surface area contributed by atoms with Crippen molar-refractivity contribution >= 4 is 34.8 Å². The number of halogens is 1. The third-order valence-electron chi connectivity index (χ3n) is 7.16. The van der Waals surface area contributed by atoms with Crippen molar-refractivity contribution in [2.75, 3.05) is 42.9 Å². The summed E-state index contributed by atoms with van der Waals surface area (Å²) in [6.07, 6.45) is 1.39. The number of nitrogens with zero attached hydrogens (tertiary/aromatic N) is 2. The Kier molecular flexibility index (Phi) is 9.98. The van der Waals surface area contributed by atoms with E-state index in [-0.39, 0.29) is 17.9 Å². The summed E-state index contributed by atoms with van der Waals surface area (Å²) in [5.41, 5.74) is 11.8. The molecule has 0 bridgehead atoms. The van der Waals surface area contributed by atoms with Crippen LogP contribution < -0.4 is 21.3 Å². The van der Waals surface area contributed by atoms with E-state index < -0.39 is 6.04 Å². The molecular weight excluding hydrogens is 510 g/mol. The molecule has 39 heavy (non-hydrogen) atoms. The first-order valence-corrected chi connectivity index (χ1v) is 13.9. The molecule has 1 aliphatic heterocycles. The first kappa shape index (κ1) is 28.6. The maximum Gasteiger partial charge on any atom is 0.239 e. The Bertz CT molecular complexity index is 1240. The van der Waals surface area contributed by atoms with Gasteiger partial charge in [0.15, 0.2) is 0 Å². The monoisotopic (exact) mass is 547 g/mol. The number of carbonyl (C=O) groups is 2. The lowest BCUT2D eigenvalue weighted by atomic mass is 10.0. The number of anilines is 2. The number of carbonyl (C=O) groups excluding carboxylic acids is 2. The Morgan fingerprint density at radius 1 is 0.923 bits per heavy atom. The van der Waals surface area contributed by atoms with Gasteiger partial charge in [0.25, 0.3) is 0 Å². The van der Waals surface area contributed by atoms with Crippen LogP contribution in [0.5, 0.6) is 0 Å². The van der Waals surface area contributed by atoms with E-state index in [0.717, 1.165) is 37.3 Å². The third kappa shape index (κ3) is 8.05. The second kappa shape index (κ2) is 13.6. The molecule has 4 N–H and O–H groups in total. The molecule has 1 saturated heterocycles. The van der Waals surface area contributed by atoms with Gasteiger partial charge >= 0.3 is 0 Å². The summed E-state index contributed by atoms with van der Waals surface area (Å²) in [5, 5.41) is 7.13. The molecule has 206 valence electrons. The van der Waals surface area contributed by atoms with Crippen LogP contribution in [0.4, 0.5) is 11.4 Å². The topological polar surface area (TPSA) is 90.7 Å². The highest BCUT2D eigenvalue weighted by atomic mass is 35.5. The van der Waals surface area contributed by atoms with E-state index in [1.54, 1.807) is 0 Å². The summed E-state index contributed by atoms with van der Waals surface area (Å²) < 4.78 is 0. The number of rotatable bonds is 10. The smallest absolute Gasteiger partial charge is 0.239 e. The molecule has 0 radical (unpaired) electrons. The van der Waals surface area contributed by atoms with Crippen molar-refractivity contribution in [3.05, 3.63) is 94.5 Å². The number of nitrogens with one attached hydrogen (secondary N) is 2. The number of hydrogen-bond acceptors (Lipinski definition) is 5. The lowest BCUT2D eigenvalue weighted by Gasteiger charge is -2.38. The van der Waals surface area contributed by atoms with Gasteiger partial charge in [0.2, 0.25) is 11.8 Å². The van der Waals surface area contributed by atoms with E-state index in [1.807, 2.05) is 53.4 Å². The Morgan fingerprint density at radius 2 is 1.56 bits per heavy atom. The van der Waals surface area contributed by atoms with Crippen LogP contribution in [-0.4, -0.2) is 55.5 Å². The van der Waals surface area contributed by atoms with Crippen molar-refractivity contribution in [3.8, 4) is 0 Å². The first-order valence-electron chi connectivity index (χ1n) is 13.5. The van der Waals surface area contributed by atoms with Gasteiger partial charge in [-0.2, -0.15) is 0 Å². The molecule has 7 nitrogen and oxygen atoms in total. The van der Waals surface area contributed by atoms with Gasteiger partial charge < -0.3 is 26.2 Å². The third-order valence-corrected chi connectivity index (χ3v) is 7.41. The molecular formula is C31H38ClN5O2. The predicted molar refractivity (Wildman–Crippen MR) is 159 cm³/mol. The van der Waals surface area contributed by atoms with Crippen LogP contribution in [0.1, 0.15) is 36.6 Å². The van der Waals surface area contributed by atoms with Gasteiger partial charge in [0, 0.05) is 55.5 Å². The molecule has 1 fully saturated rings. The molecule has 0 aliphatic carbocycles. The predicted octanol–water partition coefficient (Wildman–Crippen LogP) is 4.41. The maximum atomic E-state index is 13.0. The molecule has 8 heteroatoms. The van der Waals surface area contributed by atoms with Crippen molar-refractivity contribution in [3.63, 3.8) is 0 Å². The fourth-order valence-electron chi connectivity index (χ4n) is 5.01. The lowest BCUT2D eigenvalue weighted by Crippen LogP contribution is -2.53. The first-order chi connectivity index (χ1) is 18.8. The molecule has 0 aromatic heterocycles. The average molecular weight is 548 g/mol. The van der Waals surface area contributed by atoms with Gasteiger partial charge in [-0.05, 0) is 73.3 Å². The van der Waals surface area contributed by atoms with Crippen molar-refractivity contribution < 1.29 is 9.59 Å². The zero-order chi connectivity index (χ0) is 27.8. The van der Waals surface area contributed by atoms with Gasteiger partial charge in [-0.25, -0.2) is 0 Å². The minimum absolute atomic E-state index is 0.00183. The summed E-state index contributed by atoms with van der Waals surface area (Å²) in [6.45, 7) is 7.37. The normalized spacial score (nSPS) is 15.1. The summed E-state index contributed by atoms with van der Waals surface area (Å²) >= 11 is 5.97. The summed E-state index contributed by atoms with van der Waals surface area (Å²) in [4.78, 5) is 28.5. The molecule has 2 unspecified atom stereocenters. The van der Waals surface area contributed by atoms with Crippen LogP contribution in [0.2, 0.25) is 5.02 Å². The average Bonchev–Trinajstić information content (AvgIpc) is 2.94. The summed E-state index contributed by atoms with van der Waals surface area (Å²) in [7, 11) is 0. The zero-order valence-corrected chi connectivity index (χ0v) is 23.5. The number of para-hydroxylation sites is 1. The van der Waals surface area contributed by atoms with Crippen molar-refractivity contribution in [2.24, 2.45) is 5.73 Å². The van der Waals surface area contributed by atoms with Crippen molar-refractivity contribution in [1.82, 2.24) is 10.2 Å². The zero-order valence-electron chi connectivity index (χ0n) is 22.7. The number of amides is 2. The lowest BCUT2D eigenvalue weighted by molar-refractivity contribution is -0.132. The SMILES string of the molecule is CC(=O)Nc1ccc(CCNC(C)c2ccccc2N2CCN(C(=O)C(N)Cc3ccc(Cl)cc3)CC2)cc1. The molecule has 2 atom stereocenters. The van der Waals surface area contributed by atoms with Gasteiger partial charge in [0.1, 0.15) is 0 Å². The van der Waals surface area contributed by atoms with E-state index in [9.17, 15) is 9.59 Å². The second-order valence-electron chi connectivity index (χ2n) is 10.1. The van der Waals surface area contributed by atoms with Crippen LogP contribution in [-0.2, 0) is 22.4 Å². The van der Waals surface area contributed by atoms with E-state index in [1.165, 1.54) is 23.7 Å². The van der Waals surface area contributed by atoms with Crippen LogP contribution in [0, 0.1) is 0 Å². The molecule has 4 rings (SSSR count). The number of hydrogen-bond donors (Lipinski definition) is 3.